The molecular formula is C18H20N2O3S. The SMILES string of the molecule is COc1ncccc1C1(O)C[C@@H]2CC[C@@H](C1)N2C(=O)c1cccs1. The van der Waals surface area contributed by atoms with Gasteiger partial charge in [-0.2, -0.15) is 0 Å². The molecule has 5 nitrogen and oxygen atoms in total. The number of hydrogen-bond donors (Lipinski definition) is 1. The highest BCUT2D eigenvalue weighted by Gasteiger charge is 2.51. The molecule has 2 fully saturated rings. The maximum absolute atomic E-state index is 12.8. The number of methoxy groups -OCH3 is 1. The van der Waals surface area contributed by atoms with Crippen LogP contribution in [-0.2, 0) is 5.60 Å². The number of aliphatic hydroxyl groups is 1. The Labute approximate surface area is 144 Å². The van der Waals surface area contributed by atoms with E-state index >= 15 is 0 Å². The van der Waals surface area contributed by atoms with Crippen molar-refractivity contribution in [3.05, 3.63) is 46.3 Å². The largest absolute Gasteiger partial charge is 0.481 e. The van der Waals surface area contributed by atoms with E-state index < -0.39 is 5.60 Å². The van der Waals surface area contributed by atoms with Crippen molar-refractivity contribution in [3.8, 4) is 5.88 Å². The molecule has 0 unspecified atom stereocenters. The predicted octanol–water partition coefficient (Wildman–Crippen LogP) is 2.81. The van der Waals surface area contributed by atoms with Gasteiger partial charge in [-0.1, -0.05) is 6.07 Å². The smallest absolute Gasteiger partial charge is 0.264 e. The van der Waals surface area contributed by atoms with Crippen LogP contribution in [-0.4, -0.2) is 40.1 Å². The molecule has 0 spiro atoms. The molecule has 4 rings (SSSR count). The highest BCUT2D eigenvalue weighted by molar-refractivity contribution is 7.12. The average Bonchev–Trinajstić information content (AvgIpc) is 3.22. The van der Waals surface area contributed by atoms with Crippen molar-refractivity contribution in [3.63, 3.8) is 0 Å². The lowest BCUT2D eigenvalue weighted by Crippen LogP contribution is -2.52. The normalized spacial score (nSPS) is 28.8. The first-order valence-corrected chi connectivity index (χ1v) is 9.08. The zero-order valence-electron chi connectivity index (χ0n) is 13.5. The molecule has 2 saturated heterocycles. The topological polar surface area (TPSA) is 62.7 Å². The lowest BCUT2D eigenvalue weighted by atomic mass is 9.80. The van der Waals surface area contributed by atoms with Gasteiger partial charge >= 0.3 is 0 Å². The Morgan fingerprint density at radius 1 is 1.33 bits per heavy atom. The third-order valence-corrected chi connectivity index (χ3v) is 6.06. The first kappa shape index (κ1) is 15.6. The number of ether oxygens (including phenoxy) is 1. The number of thiophene rings is 1. The summed E-state index contributed by atoms with van der Waals surface area (Å²) in [6, 6.07) is 7.60. The first-order valence-electron chi connectivity index (χ1n) is 8.20. The van der Waals surface area contributed by atoms with Crippen molar-refractivity contribution < 1.29 is 14.6 Å². The standard InChI is InChI=1S/C18H20N2O3S/c1-23-16-14(4-2-8-19-16)18(22)10-12-6-7-13(11-18)20(12)17(21)15-5-3-9-24-15/h2-5,8-9,12-13,22H,6-7,10-11H2,1H3/t12-,13-/m0/s1. The number of nitrogens with zero attached hydrogens (tertiary/aromatic N) is 2. The van der Waals surface area contributed by atoms with Crippen LogP contribution in [0.2, 0.25) is 0 Å². The number of hydrogen-bond acceptors (Lipinski definition) is 5. The molecule has 24 heavy (non-hydrogen) atoms. The predicted molar refractivity (Wildman–Crippen MR) is 91.2 cm³/mol. The molecule has 6 heteroatoms. The maximum atomic E-state index is 12.8. The van der Waals surface area contributed by atoms with E-state index in [1.807, 2.05) is 34.5 Å². The lowest BCUT2D eigenvalue weighted by Gasteiger charge is -2.44. The van der Waals surface area contributed by atoms with Crippen LogP contribution in [0.25, 0.3) is 0 Å². The van der Waals surface area contributed by atoms with Crippen LogP contribution in [0.4, 0.5) is 0 Å². The number of amides is 1. The number of rotatable bonds is 3. The Bertz CT molecular complexity index is 732. The Morgan fingerprint density at radius 3 is 2.71 bits per heavy atom. The van der Waals surface area contributed by atoms with Crippen LogP contribution in [0.1, 0.15) is 40.9 Å². The Kier molecular flexibility index (Phi) is 3.81. The van der Waals surface area contributed by atoms with E-state index in [1.54, 1.807) is 13.3 Å². The zero-order valence-corrected chi connectivity index (χ0v) is 14.3. The van der Waals surface area contributed by atoms with Gasteiger partial charge in [0.1, 0.15) is 0 Å². The van der Waals surface area contributed by atoms with Gasteiger partial charge in [-0.05, 0) is 36.4 Å². The van der Waals surface area contributed by atoms with Gasteiger partial charge in [-0.3, -0.25) is 4.79 Å². The van der Waals surface area contributed by atoms with E-state index in [1.165, 1.54) is 11.3 Å². The van der Waals surface area contributed by atoms with Gasteiger partial charge in [-0.15, -0.1) is 11.3 Å². The van der Waals surface area contributed by atoms with E-state index in [0.29, 0.717) is 18.7 Å². The molecule has 0 aliphatic carbocycles. The summed E-state index contributed by atoms with van der Waals surface area (Å²) in [6.45, 7) is 0. The van der Waals surface area contributed by atoms with Crippen molar-refractivity contribution in [2.45, 2.75) is 43.4 Å². The number of carbonyl (C=O) groups excluding carboxylic acids is 1. The van der Waals surface area contributed by atoms with Crippen LogP contribution < -0.4 is 4.74 Å². The highest BCUT2D eigenvalue weighted by Crippen LogP contribution is 2.47. The number of fused-ring (bicyclic) bond motifs is 2. The number of pyridine rings is 1. The van der Waals surface area contributed by atoms with Crippen molar-refractivity contribution in [1.82, 2.24) is 9.88 Å². The second kappa shape index (κ2) is 5.86. The minimum Gasteiger partial charge on any atom is -0.481 e. The van der Waals surface area contributed by atoms with Crippen LogP contribution in [0.15, 0.2) is 35.8 Å². The summed E-state index contributed by atoms with van der Waals surface area (Å²) >= 11 is 1.48. The first-order chi connectivity index (χ1) is 11.6. The molecule has 126 valence electrons. The van der Waals surface area contributed by atoms with Gasteiger partial charge in [0.2, 0.25) is 5.88 Å². The Morgan fingerprint density at radius 2 is 2.08 bits per heavy atom. The van der Waals surface area contributed by atoms with Crippen molar-refractivity contribution in [2.24, 2.45) is 0 Å². The summed E-state index contributed by atoms with van der Waals surface area (Å²) in [7, 11) is 1.57. The summed E-state index contributed by atoms with van der Waals surface area (Å²) in [5.74, 6) is 0.565. The van der Waals surface area contributed by atoms with E-state index in [-0.39, 0.29) is 18.0 Å². The summed E-state index contributed by atoms with van der Waals surface area (Å²) in [4.78, 5) is 19.8. The van der Waals surface area contributed by atoms with E-state index in [4.69, 9.17) is 4.74 Å². The average molecular weight is 344 g/mol. The molecule has 1 amide bonds. The third-order valence-electron chi connectivity index (χ3n) is 5.20. The quantitative estimate of drug-likeness (QED) is 0.930. The van der Waals surface area contributed by atoms with Gasteiger partial charge < -0.3 is 14.7 Å². The Balaban J connectivity index is 1.63. The molecule has 0 aromatic carbocycles. The molecule has 2 bridgehead atoms. The molecule has 0 radical (unpaired) electrons. The monoisotopic (exact) mass is 344 g/mol. The van der Waals surface area contributed by atoms with Crippen LogP contribution in [0.5, 0.6) is 5.88 Å². The van der Waals surface area contributed by atoms with Crippen LogP contribution in [0.3, 0.4) is 0 Å². The fourth-order valence-electron chi connectivity index (χ4n) is 4.21. The number of piperidine rings is 1. The van der Waals surface area contributed by atoms with Crippen LogP contribution in [0, 0.1) is 0 Å². The van der Waals surface area contributed by atoms with E-state index in [2.05, 4.69) is 4.98 Å². The molecular weight excluding hydrogens is 324 g/mol. The van der Waals surface area contributed by atoms with Gasteiger partial charge in [0, 0.05) is 36.7 Å². The fourth-order valence-corrected chi connectivity index (χ4v) is 4.88. The minimum atomic E-state index is -0.988. The minimum absolute atomic E-state index is 0.0632. The molecule has 0 saturated carbocycles. The number of aromatic nitrogens is 1. The summed E-state index contributed by atoms with van der Waals surface area (Å²) < 4.78 is 5.34. The van der Waals surface area contributed by atoms with Gasteiger partial charge in [0.25, 0.3) is 5.91 Å². The number of carbonyl (C=O) groups is 1. The second-order valence-corrected chi connectivity index (χ2v) is 7.52. The molecule has 2 aliphatic heterocycles. The zero-order chi connectivity index (χ0) is 16.7. The molecule has 1 N–H and O–H groups in total. The molecule has 2 aliphatic rings. The summed E-state index contributed by atoms with van der Waals surface area (Å²) in [6.07, 6.45) is 4.60. The van der Waals surface area contributed by atoms with Gasteiger partial charge in [0.05, 0.1) is 17.6 Å². The molecule has 2 aromatic heterocycles. The van der Waals surface area contributed by atoms with Gasteiger partial charge in [-0.25, -0.2) is 4.98 Å². The van der Waals surface area contributed by atoms with E-state index in [9.17, 15) is 9.90 Å². The Hall–Kier alpha value is -1.92. The maximum Gasteiger partial charge on any atom is 0.264 e. The molecule has 4 heterocycles. The third kappa shape index (κ3) is 2.41. The van der Waals surface area contributed by atoms with Crippen LogP contribution >= 0.6 is 11.3 Å². The highest BCUT2D eigenvalue weighted by atomic mass is 32.1. The van der Waals surface area contributed by atoms with Crippen molar-refractivity contribution in [1.29, 1.82) is 0 Å². The fraction of sp³-hybridized carbons (Fsp3) is 0.444. The molecule has 2 atom stereocenters. The summed E-state index contributed by atoms with van der Waals surface area (Å²) in [5.41, 5.74) is -0.259. The molecule has 2 aromatic rings. The van der Waals surface area contributed by atoms with Crippen molar-refractivity contribution in [2.75, 3.05) is 7.11 Å². The second-order valence-electron chi connectivity index (χ2n) is 6.57. The van der Waals surface area contributed by atoms with Crippen molar-refractivity contribution >= 4 is 17.2 Å². The van der Waals surface area contributed by atoms with Gasteiger partial charge in [0.15, 0.2) is 0 Å². The van der Waals surface area contributed by atoms with E-state index in [0.717, 1.165) is 23.3 Å². The summed E-state index contributed by atoms with van der Waals surface area (Å²) in [5, 5.41) is 13.2. The lowest BCUT2D eigenvalue weighted by molar-refractivity contribution is -0.0493.